The SMILES string of the molecule is C=C(OC(C)(C)C)c1ccc(NN)nc1. The van der Waals surface area contributed by atoms with Gasteiger partial charge in [-0.2, -0.15) is 0 Å². The summed E-state index contributed by atoms with van der Waals surface area (Å²) in [4.78, 5) is 4.07. The Hall–Kier alpha value is -1.55. The molecule has 1 aromatic heterocycles. The lowest BCUT2D eigenvalue weighted by Crippen LogP contribution is -2.18. The summed E-state index contributed by atoms with van der Waals surface area (Å²) >= 11 is 0. The average Bonchev–Trinajstić information content (AvgIpc) is 2.15. The van der Waals surface area contributed by atoms with Crippen LogP contribution in [0.25, 0.3) is 5.76 Å². The number of hydrogen-bond donors (Lipinski definition) is 2. The Morgan fingerprint density at radius 1 is 1.47 bits per heavy atom. The van der Waals surface area contributed by atoms with Crippen molar-refractivity contribution in [3.63, 3.8) is 0 Å². The van der Waals surface area contributed by atoms with E-state index in [-0.39, 0.29) is 5.60 Å². The van der Waals surface area contributed by atoms with E-state index in [0.29, 0.717) is 11.6 Å². The highest BCUT2D eigenvalue weighted by atomic mass is 16.5. The smallest absolute Gasteiger partial charge is 0.139 e. The third-order valence-electron chi connectivity index (χ3n) is 1.66. The largest absolute Gasteiger partial charge is 0.488 e. The third-order valence-corrected chi connectivity index (χ3v) is 1.66. The maximum atomic E-state index is 5.61. The monoisotopic (exact) mass is 207 g/mol. The Morgan fingerprint density at radius 2 is 2.13 bits per heavy atom. The maximum absolute atomic E-state index is 5.61. The number of nitrogens with one attached hydrogen (secondary N) is 1. The molecule has 1 aromatic rings. The van der Waals surface area contributed by atoms with Crippen molar-refractivity contribution in [2.24, 2.45) is 5.84 Å². The molecule has 0 radical (unpaired) electrons. The van der Waals surface area contributed by atoms with Crippen molar-refractivity contribution in [1.82, 2.24) is 4.98 Å². The summed E-state index contributed by atoms with van der Waals surface area (Å²) in [6.07, 6.45) is 1.67. The Bertz CT molecular complexity index is 338. The van der Waals surface area contributed by atoms with Crippen LogP contribution < -0.4 is 11.3 Å². The van der Waals surface area contributed by atoms with E-state index in [4.69, 9.17) is 10.6 Å². The van der Waals surface area contributed by atoms with Crippen molar-refractivity contribution in [3.8, 4) is 0 Å². The number of nitrogens with two attached hydrogens (primary N) is 1. The first-order valence-electron chi connectivity index (χ1n) is 4.73. The molecule has 0 fully saturated rings. The van der Waals surface area contributed by atoms with E-state index in [1.807, 2.05) is 26.8 Å². The zero-order chi connectivity index (χ0) is 11.5. The lowest BCUT2D eigenvalue weighted by atomic mass is 10.1. The highest BCUT2D eigenvalue weighted by molar-refractivity contribution is 5.58. The number of hydrazine groups is 1. The van der Waals surface area contributed by atoms with E-state index in [2.05, 4.69) is 17.0 Å². The van der Waals surface area contributed by atoms with Crippen LogP contribution in [0.2, 0.25) is 0 Å². The van der Waals surface area contributed by atoms with E-state index in [1.54, 1.807) is 12.3 Å². The van der Waals surface area contributed by atoms with E-state index in [0.717, 1.165) is 5.56 Å². The number of ether oxygens (including phenoxy) is 1. The highest BCUT2D eigenvalue weighted by Gasteiger charge is 2.13. The van der Waals surface area contributed by atoms with E-state index in [9.17, 15) is 0 Å². The second-order valence-corrected chi connectivity index (χ2v) is 4.21. The molecule has 1 heterocycles. The molecule has 0 aromatic carbocycles. The quantitative estimate of drug-likeness (QED) is 0.453. The fraction of sp³-hybridized carbons (Fsp3) is 0.364. The molecule has 0 aliphatic carbocycles. The molecule has 0 amide bonds. The second kappa shape index (κ2) is 4.31. The predicted molar refractivity (Wildman–Crippen MR) is 61.9 cm³/mol. The fourth-order valence-electron chi connectivity index (χ4n) is 1.07. The number of aromatic nitrogens is 1. The van der Waals surface area contributed by atoms with Crippen LogP contribution in [0.5, 0.6) is 0 Å². The number of pyridine rings is 1. The molecule has 0 unspecified atom stereocenters. The fourth-order valence-corrected chi connectivity index (χ4v) is 1.07. The summed E-state index contributed by atoms with van der Waals surface area (Å²) in [5.41, 5.74) is 3.06. The molecule has 4 nitrogen and oxygen atoms in total. The number of rotatable bonds is 3. The van der Waals surface area contributed by atoms with Gasteiger partial charge in [-0.05, 0) is 32.9 Å². The van der Waals surface area contributed by atoms with Crippen LogP contribution in [-0.2, 0) is 4.74 Å². The van der Waals surface area contributed by atoms with Crippen LogP contribution >= 0.6 is 0 Å². The van der Waals surface area contributed by atoms with Gasteiger partial charge in [0.1, 0.15) is 17.2 Å². The van der Waals surface area contributed by atoms with Gasteiger partial charge < -0.3 is 10.2 Å². The van der Waals surface area contributed by atoms with Crippen molar-refractivity contribution in [2.75, 3.05) is 5.43 Å². The van der Waals surface area contributed by atoms with Crippen molar-refractivity contribution in [2.45, 2.75) is 26.4 Å². The van der Waals surface area contributed by atoms with E-state index in [1.165, 1.54) is 0 Å². The first-order chi connectivity index (χ1) is 6.92. The number of nitrogen functional groups attached to an aromatic ring is 1. The molecule has 0 spiro atoms. The standard InChI is InChI=1S/C11H17N3O/c1-8(15-11(2,3)4)9-5-6-10(14-12)13-7-9/h5-7H,1,12H2,2-4H3,(H,13,14). The molecule has 0 aliphatic heterocycles. The zero-order valence-corrected chi connectivity index (χ0v) is 9.37. The van der Waals surface area contributed by atoms with Gasteiger partial charge in [-0.25, -0.2) is 10.8 Å². The van der Waals surface area contributed by atoms with Gasteiger partial charge in [0.15, 0.2) is 0 Å². The lowest BCUT2D eigenvalue weighted by molar-refractivity contribution is 0.0976. The Kier molecular flexibility index (Phi) is 3.31. The van der Waals surface area contributed by atoms with Gasteiger partial charge in [-0.3, -0.25) is 0 Å². The third kappa shape index (κ3) is 3.59. The molecule has 3 N–H and O–H groups in total. The van der Waals surface area contributed by atoms with E-state index >= 15 is 0 Å². The summed E-state index contributed by atoms with van der Waals surface area (Å²) in [7, 11) is 0. The van der Waals surface area contributed by atoms with Gasteiger partial charge in [0.2, 0.25) is 0 Å². The Morgan fingerprint density at radius 3 is 2.53 bits per heavy atom. The first kappa shape index (κ1) is 11.5. The van der Waals surface area contributed by atoms with Gasteiger partial charge in [0.05, 0.1) is 0 Å². The number of anilines is 1. The Balaban J connectivity index is 2.75. The summed E-state index contributed by atoms with van der Waals surface area (Å²) in [5.74, 6) is 6.43. The van der Waals surface area contributed by atoms with Crippen LogP contribution in [-0.4, -0.2) is 10.6 Å². The van der Waals surface area contributed by atoms with Crippen molar-refractivity contribution < 1.29 is 4.74 Å². The Labute approximate surface area is 90.1 Å². The molecule has 15 heavy (non-hydrogen) atoms. The minimum Gasteiger partial charge on any atom is -0.488 e. The molecule has 0 aliphatic rings. The summed E-state index contributed by atoms with van der Waals surface area (Å²) in [6, 6.07) is 3.63. The van der Waals surface area contributed by atoms with Crippen molar-refractivity contribution >= 4 is 11.6 Å². The molecule has 1 rings (SSSR count). The minimum atomic E-state index is -0.248. The summed E-state index contributed by atoms with van der Waals surface area (Å²) in [5, 5.41) is 0. The van der Waals surface area contributed by atoms with Gasteiger partial charge in [-0.1, -0.05) is 6.58 Å². The van der Waals surface area contributed by atoms with Gasteiger partial charge >= 0.3 is 0 Å². The van der Waals surface area contributed by atoms with Crippen LogP contribution in [0.3, 0.4) is 0 Å². The van der Waals surface area contributed by atoms with Crippen LogP contribution in [0.1, 0.15) is 26.3 Å². The summed E-state index contributed by atoms with van der Waals surface area (Å²) < 4.78 is 5.61. The second-order valence-electron chi connectivity index (χ2n) is 4.21. The molecule has 0 saturated heterocycles. The van der Waals surface area contributed by atoms with Gasteiger partial charge in [-0.15, -0.1) is 0 Å². The molecular weight excluding hydrogens is 190 g/mol. The molecule has 4 heteroatoms. The lowest BCUT2D eigenvalue weighted by Gasteiger charge is -2.22. The average molecular weight is 207 g/mol. The maximum Gasteiger partial charge on any atom is 0.139 e. The van der Waals surface area contributed by atoms with E-state index < -0.39 is 0 Å². The molecular formula is C11H17N3O. The first-order valence-corrected chi connectivity index (χ1v) is 4.73. The van der Waals surface area contributed by atoms with Crippen LogP contribution in [0, 0.1) is 0 Å². The normalized spacial score (nSPS) is 10.9. The van der Waals surface area contributed by atoms with Crippen molar-refractivity contribution in [1.29, 1.82) is 0 Å². The van der Waals surface area contributed by atoms with Gasteiger partial charge in [0.25, 0.3) is 0 Å². The molecule has 0 atom stereocenters. The number of nitrogens with zero attached hydrogens (tertiary/aromatic N) is 1. The number of hydrogen-bond acceptors (Lipinski definition) is 4. The predicted octanol–water partition coefficient (Wildman–Crippen LogP) is 2.15. The molecule has 0 bridgehead atoms. The molecule has 0 saturated carbocycles. The van der Waals surface area contributed by atoms with Crippen LogP contribution in [0.4, 0.5) is 5.82 Å². The summed E-state index contributed by atoms with van der Waals surface area (Å²) in [6.45, 7) is 9.77. The van der Waals surface area contributed by atoms with Crippen molar-refractivity contribution in [3.05, 3.63) is 30.5 Å². The topological polar surface area (TPSA) is 60.2 Å². The minimum absolute atomic E-state index is 0.248. The van der Waals surface area contributed by atoms with Crippen LogP contribution in [0.15, 0.2) is 24.9 Å². The molecule has 82 valence electrons. The highest BCUT2D eigenvalue weighted by Crippen LogP contribution is 2.20. The zero-order valence-electron chi connectivity index (χ0n) is 9.37. The van der Waals surface area contributed by atoms with Gasteiger partial charge in [0, 0.05) is 11.8 Å².